The Hall–Kier alpha value is -0.410. The average Bonchev–Trinajstić information content (AvgIpc) is 2.30. The van der Waals surface area contributed by atoms with Crippen molar-refractivity contribution >= 4 is 5.78 Å². The number of nitrogens with zero attached hydrogens (tertiary/aromatic N) is 1. The molecule has 0 aromatic rings. The van der Waals surface area contributed by atoms with E-state index in [9.17, 15) is 9.90 Å². The number of Topliss-reactive ketones (excluding diaryl/α,β-unsaturated/α-hetero) is 1. The van der Waals surface area contributed by atoms with Gasteiger partial charge in [-0.25, -0.2) is 0 Å². The predicted octanol–water partition coefficient (Wildman–Crippen LogP) is 1.59. The molecule has 0 aromatic heterocycles. The van der Waals surface area contributed by atoms with Crippen molar-refractivity contribution in [2.24, 2.45) is 5.92 Å². The Labute approximate surface area is 97.8 Å². The number of likely N-dealkylation sites (tertiary alicyclic amines) is 1. The van der Waals surface area contributed by atoms with Crippen LogP contribution in [0.5, 0.6) is 0 Å². The zero-order valence-corrected chi connectivity index (χ0v) is 10.2. The van der Waals surface area contributed by atoms with Gasteiger partial charge in [-0.1, -0.05) is 12.8 Å². The number of aliphatic hydroxyl groups excluding tert-OH is 1. The Morgan fingerprint density at radius 2 is 1.75 bits per heavy atom. The highest BCUT2D eigenvalue weighted by atomic mass is 16.3. The lowest BCUT2D eigenvalue weighted by Gasteiger charge is -2.41. The maximum Gasteiger partial charge on any atom is 0.133 e. The Kier molecular flexibility index (Phi) is 3.98. The first-order valence-corrected chi connectivity index (χ1v) is 6.61. The molecule has 0 radical (unpaired) electrons. The first kappa shape index (κ1) is 12.1. The summed E-state index contributed by atoms with van der Waals surface area (Å²) in [4.78, 5) is 13.7. The summed E-state index contributed by atoms with van der Waals surface area (Å²) in [6, 6.07) is 0.363. The molecule has 1 N–H and O–H groups in total. The molecule has 1 aliphatic carbocycles. The molecule has 2 atom stereocenters. The van der Waals surface area contributed by atoms with Gasteiger partial charge in [0.25, 0.3) is 0 Å². The molecule has 1 saturated heterocycles. The number of hydrogen-bond acceptors (Lipinski definition) is 3. The zero-order valence-electron chi connectivity index (χ0n) is 10.2. The van der Waals surface area contributed by atoms with Crippen molar-refractivity contribution in [3.63, 3.8) is 0 Å². The molecule has 0 aromatic carbocycles. The fourth-order valence-corrected chi connectivity index (χ4v) is 3.16. The summed E-state index contributed by atoms with van der Waals surface area (Å²) in [5.74, 6) is 0.612. The summed E-state index contributed by atoms with van der Waals surface area (Å²) in [5, 5.41) is 9.99. The van der Waals surface area contributed by atoms with Crippen molar-refractivity contribution in [1.29, 1.82) is 0 Å². The second-order valence-corrected chi connectivity index (χ2v) is 5.34. The van der Waals surface area contributed by atoms with Crippen LogP contribution in [0, 0.1) is 5.92 Å². The lowest BCUT2D eigenvalue weighted by molar-refractivity contribution is -0.122. The van der Waals surface area contributed by atoms with Crippen LogP contribution in [0.15, 0.2) is 0 Å². The van der Waals surface area contributed by atoms with E-state index in [4.69, 9.17) is 0 Å². The molecule has 1 saturated carbocycles. The Morgan fingerprint density at radius 1 is 1.12 bits per heavy atom. The fraction of sp³-hybridized carbons (Fsp3) is 0.923. The summed E-state index contributed by atoms with van der Waals surface area (Å²) in [6.07, 6.45) is 6.33. The van der Waals surface area contributed by atoms with E-state index in [1.165, 1.54) is 12.8 Å². The van der Waals surface area contributed by atoms with Crippen LogP contribution in [0.4, 0.5) is 0 Å². The van der Waals surface area contributed by atoms with Crippen LogP contribution in [-0.2, 0) is 4.79 Å². The van der Waals surface area contributed by atoms with Crippen molar-refractivity contribution in [2.45, 2.75) is 57.6 Å². The van der Waals surface area contributed by atoms with E-state index in [-0.39, 0.29) is 12.0 Å². The first-order chi connectivity index (χ1) is 7.68. The van der Waals surface area contributed by atoms with E-state index in [0.717, 1.165) is 38.8 Å². The molecule has 1 aliphatic heterocycles. The standard InChI is InChI=1S/C13H23NO2/c1-10(15)11-6-8-14(9-7-11)12-4-2-3-5-13(12)16/h11-13,16H,2-9H2,1H3. The number of hydrogen-bond donors (Lipinski definition) is 1. The van der Waals surface area contributed by atoms with Gasteiger partial charge in [0, 0.05) is 12.0 Å². The van der Waals surface area contributed by atoms with Gasteiger partial charge in [-0.05, 0) is 45.7 Å². The number of aliphatic hydroxyl groups is 1. The molecule has 3 nitrogen and oxygen atoms in total. The summed E-state index contributed by atoms with van der Waals surface area (Å²) < 4.78 is 0. The molecule has 2 aliphatic rings. The van der Waals surface area contributed by atoms with Crippen LogP contribution in [0.2, 0.25) is 0 Å². The molecule has 2 rings (SSSR count). The van der Waals surface area contributed by atoms with Crippen molar-refractivity contribution < 1.29 is 9.90 Å². The number of carbonyl (C=O) groups excluding carboxylic acids is 1. The lowest BCUT2D eigenvalue weighted by Crippen LogP contribution is -2.49. The van der Waals surface area contributed by atoms with Gasteiger partial charge in [0.1, 0.15) is 5.78 Å². The molecule has 2 unspecified atom stereocenters. The van der Waals surface area contributed by atoms with Crippen molar-refractivity contribution in [3.8, 4) is 0 Å². The van der Waals surface area contributed by atoms with E-state index in [0.29, 0.717) is 11.8 Å². The SMILES string of the molecule is CC(=O)C1CCN(C2CCCCC2O)CC1. The molecule has 0 amide bonds. The maximum atomic E-state index is 11.3. The second kappa shape index (κ2) is 5.28. The van der Waals surface area contributed by atoms with E-state index in [2.05, 4.69) is 4.90 Å². The van der Waals surface area contributed by atoms with Crippen molar-refractivity contribution in [1.82, 2.24) is 4.90 Å². The molecule has 2 fully saturated rings. The number of carbonyl (C=O) groups is 1. The molecule has 3 heteroatoms. The topological polar surface area (TPSA) is 40.5 Å². The summed E-state index contributed by atoms with van der Waals surface area (Å²) in [6.45, 7) is 3.69. The van der Waals surface area contributed by atoms with Gasteiger partial charge in [0.05, 0.1) is 6.10 Å². The van der Waals surface area contributed by atoms with E-state index >= 15 is 0 Å². The van der Waals surface area contributed by atoms with Crippen LogP contribution < -0.4 is 0 Å². The molecule has 16 heavy (non-hydrogen) atoms. The smallest absolute Gasteiger partial charge is 0.133 e. The second-order valence-electron chi connectivity index (χ2n) is 5.34. The van der Waals surface area contributed by atoms with Gasteiger partial charge in [0.15, 0.2) is 0 Å². The van der Waals surface area contributed by atoms with Crippen LogP contribution >= 0.6 is 0 Å². The minimum absolute atomic E-state index is 0.136. The Morgan fingerprint density at radius 3 is 2.31 bits per heavy atom. The monoisotopic (exact) mass is 225 g/mol. The van der Waals surface area contributed by atoms with Crippen molar-refractivity contribution in [3.05, 3.63) is 0 Å². The minimum atomic E-state index is -0.136. The largest absolute Gasteiger partial charge is 0.391 e. The van der Waals surface area contributed by atoms with Gasteiger partial charge in [0.2, 0.25) is 0 Å². The fourth-order valence-electron chi connectivity index (χ4n) is 3.16. The summed E-state index contributed by atoms with van der Waals surface area (Å²) >= 11 is 0. The molecular weight excluding hydrogens is 202 g/mol. The Bertz CT molecular complexity index is 246. The molecule has 1 heterocycles. The van der Waals surface area contributed by atoms with Gasteiger partial charge >= 0.3 is 0 Å². The van der Waals surface area contributed by atoms with Crippen LogP contribution in [-0.4, -0.2) is 41.0 Å². The highest BCUT2D eigenvalue weighted by molar-refractivity contribution is 5.78. The molecule has 0 spiro atoms. The third kappa shape index (κ3) is 2.64. The predicted molar refractivity (Wildman–Crippen MR) is 63.2 cm³/mol. The van der Waals surface area contributed by atoms with E-state index in [1.807, 2.05) is 0 Å². The van der Waals surface area contributed by atoms with Crippen LogP contribution in [0.25, 0.3) is 0 Å². The molecule has 92 valence electrons. The van der Waals surface area contributed by atoms with Gasteiger partial charge in [-0.3, -0.25) is 9.69 Å². The van der Waals surface area contributed by atoms with Gasteiger partial charge in [-0.15, -0.1) is 0 Å². The van der Waals surface area contributed by atoms with E-state index < -0.39 is 0 Å². The van der Waals surface area contributed by atoms with E-state index in [1.54, 1.807) is 6.92 Å². The molecule has 0 bridgehead atoms. The van der Waals surface area contributed by atoms with Crippen LogP contribution in [0.3, 0.4) is 0 Å². The quantitative estimate of drug-likeness (QED) is 0.776. The zero-order chi connectivity index (χ0) is 11.5. The highest BCUT2D eigenvalue weighted by Gasteiger charge is 2.32. The third-order valence-electron chi connectivity index (χ3n) is 4.27. The van der Waals surface area contributed by atoms with Crippen molar-refractivity contribution in [2.75, 3.05) is 13.1 Å². The third-order valence-corrected chi connectivity index (χ3v) is 4.27. The van der Waals surface area contributed by atoms with Crippen LogP contribution in [0.1, 0.15) is 45.4 Å². The van der Waals surface area contributed by atoms with Gasteiger partial charge in [-0.2, -0.15) is 0 Å². The number of ketones is 1. The number of piperidine rings is 1. The van der Waals surface area contributed by atoms with Gasteiger partial charge < -0.3 is 5.11 Å². The molecular formula is C13H23NO2. The first-order valence-electron chi connectivity index (χ1n) is 6.61. The summed E-state index contributed by atoms with van der Waals surface area (Å²) in [7, 11) is 0. The average molecular weight is 225 g/mol. The maximum absolute atomic E-state index is 11.3. The summed E-state index contributed by atoms with van der Waals surface area (Å²) in [5.41, 5.74) is 0. The Balaban J connectivity index is 1.85. The lowest BCUT2D eigenvalue weighted by atomic mass is 9.87. The highest BCUT2D eigenvalue weighted by Crippen LogP contribution is 2.27. The normalized spacial score (nSPS) is 33.9. The minimum Gasteiger partial charge on any atom is -0.391 e. The number of rotatable bonds is 2.